The maximum atomic E-state index is 11.8. The van der Waals surface area contributed by atoms with Gasteiger partial charge in [-0.05, 0) is 193 Å². The number of unbranched alkanes of at least 4 members (excludes halogenated alkanes) is 4. The molecule has 4 aromatic carbocycles. The Kier molecular flexibility index (Phi) is 22.5. The van der Waals surface area contributed by atoms with Gasteiger partial charge in [0.15, 0.2) is 23.1 Å². The van der Waals surface area contributed by atoms with Crippen molar-refractivity contribution in [3.63, 3.8) is 0 Å². The first kappa shape index (κ1) is 61.9. The van der Waals surface area contributed by atoms with Gasteiger partial charge in [-0.2, -0.15) is 0 Å². The van der Waals surface area contributed by atoms with E-state index in [1.807, 2.05) is 146 Å². The van der Waals surface area contributed by atoms with Crippen LogP contribution in [0.25, 0.3) is 90.9 Å². The summed E-state index contributed by atoms with van der Waals surface area (Å²) in [5.41, 5.74) is 12.3. The van der Waals surface area contributed by atoms with Crippen molar-refractivity contribution in [3.05, 3.63) is 195 Å². The van der Waals surface area contributed by atoms with Gasteiger partial charge in [-0.1, -0.05) is 99.1 Å². The minimum Gasteiger partial charge on any atom is -0.657 e. The number of hydrogen-bond acceptors (Lipinski definition) is 10. The van der Waals surface area contributed by atoms with E-state index < -0.39 is 0 Å². The second-order valence-corrected chi connectivity index (χ2v) is 20.4. The van der Waals surface area contributed by atoms with Crippen LogP contribution in [0.3, 0.4) is 0 Å². The number of aromatic nitrogens is 4. The molecule has 0 spiro atoms. The van der Waals surface area contributed by atoms with Crippen LogP contribution in [0.4, 0.5) is 0 Å². The standard InChI is InChI=1S/C72H68N4O8.Co/c1-5-53(77)17-9-13-45-81-57-29-21-49(22-30-57)69-61-37-39-63(73-61)70(50-23-31-58(32-24-50)82-46-14-10-18-54(78)6-2)65-41-43-67(75-65)72(52-27-35-60(36-28-52)84-48-16-12-20-56(80)8-4)68-44-42-66(76-68)71(64-40-38-62(69)74-64)51-25-33-59(34-26-51)83-47-15-11-19-55(79)7-3;/h5-8,21-44H,1-4,9-20,45-48H2;/q-2;+2. The maximum absolute atomic E-state index is 11.8. The zero-order chi connectivity index (χ0) is 58.6. The Balaban J connectivity index is 0.00000940. The van der Waals surface area contributed by atoms with Crippen LogP contribution in [-0.2, 0) is 36.0 Å². The Morgan fingerprint density at radius 3 is 0.741 bits per heavy atom. The third-order valence-corrected chi connectivity index (χ3v) is 14.4. The molecule has 13 heteroatoms. The van der Waals surface area contributed by atoms with E-state index in [0.717, 1.165) is 70.2 Å². The van der Waals surface area contributed by atoms with Crippen molar-refractivity contribution in [2.75, 3.05) is 26.4 Å². The van der Waals surface area contributed by atoms with Crippen molar-refractivity contribution >= 4 is 69.5 Å². The number of carbonyl (C=O) groups is 4. The molecule has 0 atom stereocenters. The molecule has 1 radical (unpaired) electrons. The van der Waals surface area contributed by atoms with Crippen LogP contribution in [0.5, 0.6) is 23.0 Å². The fourth-order valence-electron chi connectivity index (χ4n) is 9.92. The van der Waals surface area contributed by atoms with Gasteiger partial charge < -0.3 is 28.9 Å². The largest absolute Gasteiger partial charge is 2.00 e. The van der Waals surface area contributed by atoms with Gasteiger partial charge in [0.05, 0.1) is 49.2 Å². The van der Waals surface area contributed by atoms with Crippen molar-refractivity contribution in [1.29, 1.82) is 0 Å². The van der Waals surface area contributed by atoms with Crippen LogP contribution in [0.2, 0.25) is 0 Å². The van der Waals surface area contributed by atoms with Crippen molar-refractivity contribution in [2.24, 2.45) is 0 Å². The first-order valence-electron chi connectivity index (χ1n) is 28.7. The van der Waals surface area contributed by atoms with Gasteiger partial charge in [0, 0.05) is 25.7 Å². The molecule has 3 aromatic heterocycles. The van der Waals surface area contributed by atoms with E-state index in [0.29, 0.717) is 146 Å². The van der Waals surface area contributed by atoms with Gasteiger partial charge in [0.1, 0.15) is 23.0 Å². The third-order valence-electron chi connectivity index (χ3n) is 14.4. The van der Waals surface area contributed by atoms with Gasteiger partial charge in [0.2, 0.25) is 0 Å². The summed E-state index contributed by atoms with van der Waals surface area (Å²) in [4.78, 5) is 69.0. The van der Waals surface area contributed by atoms with Gasteiger partial charge in [-0.25, -0.2) is 9.97 Å². The number of rotatable bonds is 32. The van der Waals surface area contributed by atoms with E-state index in [4.69, 9.17) is 38.9 Å². The quantitative estimate of drug-likeness (QED) is 0.0291. The molecule has 9 rings (SSSR count). The van der Waals surface area contributed by atoms with Gasteiger partial charge >= 0.3 is 16.8 Å². The number of nitrogens with zero attached hydrogens (tertiary/aromatic N) is 4. The smallest absolute Gasteiger partial charge is 0.657 e. The minimum absolute atomic E-state index is 0. The van der Waals surface area contributed by atoms with E-state index in [-0.39, 0.29) is 39.9 Å². The SMILES string of the molecule is C=CC(=O)CCCCOc1ccc(-c2c3nc(c(-c4ccc(OCCCCC(=O)C=C)cc4)c4ccc([n-]4)c(-c4ccc(OCCCCC(=O)C=C)cc4)c4nc(c(-c5ccc(OCCCCC(=O)C=C)cc5)c5ccc2[n-]5)C=C4)C=C3)cc1.[Co+2]. The Morgan fingerprint density at radius 2 is 0.541 bits per heavy atom. The number of benzene rings is 4. The molecule has 433 valence electrons. The van der Waals surface area contributed by atoms with Gasteiger partial charge in [-0.15, -0.1) is 22.1 Å². The number of allylic oxidation sites excluding steroid dienone is 4. The normalized spacial score (nSPS) is 11.3. The Bertz CT molecular complexity index is 3290. The number of hydrogen-bond donors (Lipinski definition) is 0. The van der Waals surface area contributed by atoms with E-state index in [1.54, 1.807) is 0 Å². The van der Waals surface area contributed by atoms with Crippen molar-refractivity contribution in [3.8, 4) is 67.5 Å². The zero-order valence-electron chi connectivity index (χ0n) is 47.7. The monoisotopic (exact) mass is 1180 g/mol. The Labute approximate surface area is 507 Å². The van der Waals surface area contributed by atoms with Crippen LogP contribution in [0, 0.1) is 0 Å². The molecule has 85 heavy (non-hydrogen) atoms. The molecule has 0 amide bonds. The molecule has 0 unspecified atom stereocenters. The number of fused-ring (bicyclic) bond motifs is 8. The minimum atomic E-state index is 0. The predicted molar refractivity (Wildman–Crippen MR) is 337 cm³/mol. The fraction of sp³-hybridized carbons (Fsp3) is 0.222. The second-order valence-electron chi connectivity index (χ2n) is 20.4. The summed E-state index contributed by atoms with van der Waals surface area (Å²) in [7, 11) is 0. The molecule has 12 nitrogen and oxygen atoms in total. The summed E-state index contributed by atoms with van der Waals surface area (Å²) in [5.74, 6) is 2.91. The topological polar surface area (TPSA) is 159 Å². The molecule has 5 heterocycles. The summed E-state index contributed by atoms with van der Waals surface area (Å²) >= 11 is 0. The van der Waals surface area contributed by atoms with Crippen molar-refractivity contribution < 1.29 is 54.9 Å². The summed E-state index contributed by atoms with van der Waals surface area (Å²) in [6, 6.07) is 39.9. The third kappa shape index (κ3) is 16.6. The molecule has 7 aromatic rings. The molecule has 2 aliphatic heterocycles. The van der Waals surface area contributed by atoms with E-state index in [1.165, 1.54) is 24.3 Å². The van der Waals surface area contributed by atoms with E-state index >= 15 is 0 Å². The van der Waals surface area contributed by atoms with Crippen LogP contribution >= 0.6 is 0 Å². The molecule has 0 N–H and O–H groups in total. The molecule has 2 aliphatic rings. The Morgan fingerprint density at radius 1 is 0.329 bits per heavy atom. The molecule has 0 aliphatic carbocycles. The van der Waals surface area contributed by atoms with Crippen LogP contribution in [-0.4, -0.2) is 59.5 Å². The Hall–Kier alpha value is -9.17. The molecular formula is C72H68CoN4O8. The van der Waals surface area contributed by atoms with Crippen LogP contribution < -0.4 is 28.9 Å². The number of ketones is 4. The summed E-state index contributed by atoms with van der Waals surface area (Å²) in [6.45, 7) is 16.2. The van der Waals surface area contributed by atoms with Crippen molar-refractivity contribution in [2.45, 2.75) is 77.0 Å². The van der Waals surface area contributed by atoms with E-state index in [9.17, 15) is 19.2 Å². The molecule has 8 bridgehead atoms. The number of carbonyl (C=O) groups excluding carboxylic acids is 4. The zero-order valence-corrected chi connectivity index (χ0v) is 48.7. The maximum Gasteiger partial charge on any atom is 2.00 e. The average Bonchev–Trinajstić information content (AvgIpc) is 4.57. The van der Waals surface area contributed by atoms with Crippen LogP contribution in [0.15, 0.2) is 172 Å². The molecule has 0 saturated carbocycles. The molecule has 0 fully saturated rings. The van der Waals surface area contributed by atoms with Gasteiger partial charge in [0.25, 0.3) is 0 Å². The molecular weight excluding hydrogens is 1110 g/mol. The average molecular weight is 1180 g/mol. The van der Waals surface area contributed by atoms with E-state index in [2.05, 4.69) is 26.3 Å². The van der Waals surface area contributed by atoms with Gasteiger partial charge in [-0.3, -0.25) is 19.2 Å². The van der Waals surface area contributed by atoms with Crippen molar-refractivity contribution in [1.82, 2.24) is 19.9 Å². The summed E-state index contributed by atoms with van der Waals surface area (Å²) < 4.78 is 24.6. The second kappa shape index (κ2) is 30.9. The van der Waals surface area contributed by atoms with Crippen LogP contribution in [0.1, 0.15) is 99.8 Å². The number of ether oxygens (including phenoxy) is 4. The summed E-state index contributed by atoms with van der Waals surface area (Å²) in [5, 5.41) is 0. The summed E-state index contributed by atoms with van der Waals surface area (Å²) in [6.07, 6.45) is 21.1. The predicted octanol–water partition coefficient (Wildman–Crippen LogP) is 15.8. The first-order valence-corrected chi connectivity index (χ1v) is 28.7. The molecule has 0 saturated heterocycles. The first-order chi connectivity index (χ1) is 41.1. The fourth-order valence-corrected chi connectivity index (χ4v) is 9.92.